The first-order valence-electron chi connectivity index (χ1n) is 6.68. The van der Waals surface area contributed by atoms with E-state index in [-0.39, 0.29) is 6.61 Å². The Hall–Kier alpha value is -1.85. The van der Waals surface area contributed by atoms with Gasteiger partial charge in [0.05, 0.1) is 17.3 Å². The number of aliphatic hydroxyl groups is 1. The highest BCUT2D eigenvalue weighted by molar-refractivity contribution is 9.10. The monoisotopic (exact) mass is 346 g/mol. The molecule has 0 spiro atoms. The number of fused-ring (bicyclic) bond motifs is 1. The molecule has 3 aromatic rings. The first-order valence-corrected chi connectivity index (χ1v) is 7.47. The Morgan fingerprint density at radius 2 is 2.10 bits per heavy atom. The van der Waals surface area contributed by atoms with Gasteiger partial charge in [-0.25, -0.2) is 4.98 Å². The molecule has 0 aliphatic carbocycles. The predicted molar refractivity (Wildman–Crippen MR) is 85.4 cm³/mol. The van der Waals surface area contributed by atoms with E-state index in [9.17, 15) is 5.11 Å². The number of rotatable bonds is 5. The minimum Gasteiger partial charge on any atom is -0.490 e. The molecule has 0 radical (unpaired) electrons. The van der Waals surface area contributed by atoms with Crippen LogP contribution in [0.4, 0.5) is 0 Å². The second kappa shape index (κ2) is 6.28. The zero-order chi connectivity index (χ0) is 14.7. The Kier molecular flexibility index (Phi) is 4.22. The van der Waals surface area contributed by atoms with Crippen molar-refractivity contribution >= 4 is 26.7 Å². The van der Waals surface area contributed by atoms with Gasteiger partial charge in [0.15, 0.2) is 0 Å². The van der Waals surface area contributed by atoms with Gasteiger partial charge in [-0.15, -0.1) is 0 Å². The van der Waals surface area contributed by atoms with Crippen LogP contribution in [0.15, 0.2) is 59.6 Å². The highest BCUT2D eigenvalue weighted by atomic mass is 79.9. The third kappa shape index (κ3) is 3.25. The Morgan fingerprint density at radius 3 is 2.90 bits per heavy atom. The van der Waals surface area contributed by atoms with Crippen LogP contribution in [0, 0.1) is 0 Å². The summed E-state index contributed by atoms with van der Waals surface area (Å²) in [6.07, 6.45) is 4.59. The van der Waals surface area contributed by atoms with E-state index in [2.05, 4.69) is 27.0 Å². The van der Waals surface area contributed by atoms with E-state index in [1.54, 1.807) is 12.5 Å². The third-order valence-corrected chi connectivity index (χ3v) is 4.06. The molecule has 0 saturated carbocycles. The lowest BCUT2D eigenvalue weighted by molar-refractivity contribution is 0.0922. The molecule has 4 nitrogen and oxygen atoms in total. The number of aromatic nitrogens is 2. The van der Waals surface area contributed by atoms with E-state index in [0.717, 1.165) is 21.0 Å². The van der Waals surface area contributed by atoms with Crippen LogP contribution < -0.4 is 4.74 Å². The zero-order valence-electron chi connectivity index (χ0n) is 11.3. The molecule has 0 fully saturated rings. The maximum absolute atomic E-state index is 10.00. The molecule has 0 aliphatic rings. The molecule has 0 amide bonds. The highest BCUT2D eigenvalue weighted by Crippen LogP contribution is 2.33. The fraction of sp³-hybridized carbons (Fsp3) is 0.188. The average molecular weight is 347 g/mol. The molecule has 0 unspecified atom stereocenters. The van der Waals surface area contributed by atoms with Gasteiger partial charge in [-0.05, 0) is 32.8 Å². The van der Waals surface area contributed by atoms with Crippen molar-refractivity contribution in [2.75, 3.05) is 6.61 Å². The first-order chi connectivity index (χ1) is 10.2. The summed E-state index contributed by atoms with van der Waals surface area (Å²) in [5.41, 5.74) is 0. The molecule has 21 heavy (non-hydrogen) atoms. The maximum atomic E-state index is 10.00. The fourth-order valence-electron chi connectivity index (χ4n) is 2.20. The maximum Gasteiger partial charge on any atom is 0.134 e. The van der Waals surface area contributed by atoms with E-state index >= 15 is 0 Å². The van der Waals surface area contributed by atoms with Crippen LogP contribution in [0.1, 0.15) is 0 Å². The summed E-state index contributed by atoms with van der Waals surface area (Å²) in [5.74, 6) is 0.735. The van der Waals surface area contributed by atoms with Gasteiger partial charge in [0, 0.05) is 12.4 Å². The quantitative estimate of drug-likeness (QED) is 0.771. The van der Waals surface area contributed by atoms with Gasteiger partial charge in [-0.3, -0.25) is 0 Å². The summed E-state index contributed by atoms with van der Waals surface area (Å²) < 4.78 is 8.46. The molecule has 1 heterocycles. The van der Waals surface area contributed by atoms with E-state index in [0.29, 0.717) is 6.54 Å². The molecule has 1 atom stereocenters. The molecule has 0 aliphatic heterocycles. The van der Waals surface area contributed by atoms with Gasteiger partial charge in [0.1, 0.15) is 18.5 Å². The molecule has 2 aromatic carbocycles. The molecule has 1 N–H and O–H groups in total. The molecule has 0 bridgehead atoms. The summed E-state index contributed by atoms with van der Waals surface area (Å²) in [5, 5.41) is 12.2. The lowest BCUT2D eigenvalue weighted by Gasteiger charge is -2.14. The van der Waals surface area contributed by atoms with Crippen molar-refractivity contribution in [3.05, 3.63) is 59.6 Å². The van der Waals surface area contributed by atoms with Crippen molar-refractivity contribution in [1.82, 2.24) is 9.55 Å². The topological polar surface area (TPSA) is 47.3 Å². The normalized spacial score (nSPS) is 12.5. The van der Waals surface area contributed by atoms with Crippen molar-refractivity contribution in [3.63, 3.8) is 0 Å². The molecule has 3 rings (SSSR count). The average Bonchev–Trinajstić information content (AvgIpc) is 3.00. The number of hydrogen-bond donors (Lipinski definition) is 1. The third-order valence-electron chi connectivity index (χ3n) is 3.24. The van der Waals surface area contributed by atoms with Crippen LogP contribution in [0.3, 0.4) is 0 Å². The van der Waals surface area contributed by atoms with Gasteiger partial charge < -0.3 is 14.4 Å². The van der Waals surface area contributed by atoms with Crippen LogP contribution in [0.25, 0.3) is 10.8 Å². The first kappa shape index (κ1) is 14.1. The lowest BCUT2D eigenvalue weighted by Crippen LogP contribution is -2.23. The van der Waals surface area contributed by atoms with Gasteiger partial charge in [-0.1, -0.05) is 30.3 Å². The van der Waals surface area contributed by atoms with Crippen LogP contribution >= 0.6 is 15.9 Å². The van der Waals surface area contributed by atoms with Crippen molar-refractivity contribution in [1.29, 1.82) is 0 Å². The smallest absolute Gasteiger partial charge is 0.134 e. The van der Waals surface area contributed by atoms with Crippen LogP contribution in [0.2, 0.25) is 0 Å². The number of benzene rings is 2. The van der Waals surface area contributed by atoms with E-state index in [4.69, 9.17) is 4.74 Å². The summed E-state index contributed by atoms with van der Waals surface area (Å²) in [4.78, 5) is 3.95. The number of aliphatic hydroxyl groups excluding tert-OH is 1. The summed E-state index contributed by atoms with van der Waals surface area (Å²) >= 11 is 3.57. The van der Waals surface area contributed by atoms with Crippen LogP contribution in [-0.2, 0) is 6.54 Å². The molecule has 108 valence electrons. The lowest BCUT2D eigenvalue weighted by atomic mass is 10.1. The number of ether oxygens (including phenoxy) is 1. The summed E-state index contributed by atoms with van der Waals surface area (Å²) in [6, 6.07) is 12.0. The summed E-state index contributed by atoms with van der Waals surface area (Å²) in [6.45, 7) is 0.695. The Labute approximate surface area is 131 Å². The zero-order valence-corrected chi connectivity index (χ0v) is 12.9. The Balaban J connectivity index is 1.69. The second-order valence-electron chi connectivity index (χ2n) is 4.82. The second-order valence-corrected chi connectivity index (χ2v) is 5.62. The van der Waals surface area contributed by atoms with Crippen molar-refractivity contribution in [2.45, 2.75) is 12.6 Å². The molecular formula is C16H15BrN2O2. The molecule has 0 saturated heterocycles. The van der Waals surface area contributed by atoms with Crippen LogP contribution in [0.5, 0.6) is 5.75 Å². The van der Waals surface area contributed by atoms with E-state index in [1.165, 1.54) is 0 Å². The molecule has 5 heteroatoms. The number of nitrogens with zero attached hydrogens (tertiary/aromatic N) is 2. The standard InChI is InChI=1S/C16H15BrN2O2/c17-16-14-4-2-1-3-12(14)5-6-15(16)21-10-13(20)9-19-8-7-18-11-19/h1-8,11,13,20H,9-10H2/t13-/m0/s1. The van der Waals surface area contributed by atoms with E-state index < -0.39 is 6.10 Å². The minimum absolute atomic E-state index is 0.231. The van der Waals surface area contributed by atoms with Gasteiger partial charge in [0.25, 0.3) is 0 Å². The Morgan fingerprint density at radius 1 is 1.24 bits per heavy atom. The van der Waals surface area contributed by atoms with Crippen molar-refractivity contribution < 1.29 is 9.84 Å². The molecule has 1 aromatic heterocycles. The van der Waals surface area contributed by atoms with Crippen molar-refractivity contribution in [3.8, 4) is 5.75 Å². The minimum atomic E-state index is -0.586. The SMILES string of the molecule is O[C@H](COc1ccc2ccccc2c1Br)Cn1ccnc1. The number of imidazole rings is 1. The predicted octanol–water partition coefficient (Wildman–Crippen LogP) is 3.24. The highest BCUT2D eigenvalue weighted by Gasteiger charge is 2.10. The van der Waals surface area contributed by atoms with Crippen LogP contribution in [-0.4, -0.2) is 27.4 Å². The molecular weight excluding hydrogens is 332 g/mol. The van der Waals surface area contributed by atoms with Gasteiger partial charge in [-0.2, -0.15) is 0 Å². The van der Waals surface area contributed by atoms with Gasteiger partial charge in [0.2, 0.25) is 0 Å². The number of halogens is 1. The number of hydrogen-bond acceptors (Lipinski definition) is 3. The van der Waals surface area contributed by atoms with E-state index in [1.807, 2.05) is 41.1 Å². The van der Waals surface area contributed by atoms with Crippen molar-refractivity contribution in [2.24, 2.45) is 0 Å². The van der Waals surface area contributed by atoms with Gasteiger partial charge >= 0.3 is 0 Å². The largest absolute Gasteiger partial charge is 0.490 e. The Bertz CT molecular complexity index is 728. The summed E-state index contributed by atoms with van der Waals surface area (Å²) in [7, 11) is 0. The fourth-order valence-corrected chi connectivity index (χ4v) is 2.81.